The molecule has 2 aromatic carbocycles. The Labute approximate surface area is 246 Å². The molecule has 4 fully saturated rings. The highest BCUT2D eigenvalue weighted by atomic mass is 19.1. The summed E-state index contributed by atoms with van der Waals surface area (Å²) in [6, 6.07) is 10.3. The highest BCUT2D eigenvalue weighted by molar-refractivity contribution is 6.01. The molecular formula is C32H31F3N6O2. The Morgan fingerprint density at radius 1 is 1.09 bits per heavy atom. The molecule has 1 N–H and O–H groups in total. The van der Waals surface area contributed by atoms with Crippen LogP contribution < -0.4 is 19.7 Å². The number of hydrogen-bond acceptors (Lipinski definition) is 8. The van der Waals surface area contributed by atoms with Gasteiger partial charge in [-0.15, -0.1) is 0 Å². The molecule has 0 amide bonds. The maximum Gasteiger partial charge on any atom is 0.319 e. The predicted molar refractivity (Wildman–Crippen MR) is 155 cm³/mol. The lowest BCUT2D eigenvalue weighted by Gasteiger charge is -2.40. The van der Waals surface area contributed by atoms with Gasteiger partial charge in [0.2, 0.25) is 5.88 Å². The van der Waals surface area contributed by atoms with Crippen LogP contribution in [0.25, 0.3) is 32.9 Å². The lowest BCUT2D eigenvalue weighted by molar-refractivity contribution is 0.107. The van der Waals surface area contributed by atoms with Crippen molar-refractivity contribution in [3.63, 3.8) is 0 Å². The summed E-state index contributed by atoms with van der Waals surface area (Å²) in [5.74, 6) is -0.153. The molecule has 0 saturated carbocycles. The molecule has 9 rings (SSSR count). The lowest BCUT2D eigenvalue weighted by Crippen LogP contribution is -2.60. The summed E-state index contributed by atoms with van der Waals surface area (Å²) in [5, 5.41) is 5.43. The molecule has 5 atom stereocenters. The van der Waals surface area contributed by atoms with Crippen LogP contribution in [0.15, 0.2) is 36.4 Å². The second-order valence-corrected chi connectivity index (χ2v) is 12.7. The monoisotopic (exact) mass is 588 g/mol. The molecule has 0 aliphatic carbocycles. The van der Waals surface area contributed by atoms with Crippen LogP contribution >= 0.6 is 0 Å². The van der Waals surface area contributed by atoms with Crippen molar-refractivity contribution < 1.29 is 22.6 Å². The van der Waals surface area contributed by atoms with Gasteiger partial charge in [0.05, 0.1) is 11.6 Å². The van der Waals surface area contributed by atoms with Crippen LogP contribution in [0.5, 0.6) is 11.9 Å². The minimum Gasteiger partial charge on any atom is -0.475 e. The van der Waals surface area contributed by atoms with E-state index in [1.807, 2.05) is 0 Å². The number of alkyl halides is 1. The Bertz CT molecular complexity index is 1790. The Morgan fingerprint density at radius 2 is 2.02 bits per heavy atom. The van der Waals surface area contributed by atoms with Gasteiger partial charge in [-0.1, -0.05) is 24.3 Å². The summed E-state index contributed by atoms with van der Waals surface area (Å²) in [4.78, 5) is 18.7. The fourth-order valence-corrected chi connectivity index (χ4v) is 8.27. The number of benzene rings is 2. The molecule has 7 heterocycles. The van der Waals surface area contributed by atoms with Gasteiger partial charge in [0, 0.05) is 37.2 Å². The first-order valence-electron chi connectivity index (χ1n) is 15.2. The number of hydrogen-bond donors (Lipinski definition) is 1. The van der Waals surface area contributed by atoms with Crippen molar-refractivity contribution in [3.8, 4) is 23.1 Å². The molecule has 2 bridgehead atoms. The van der Waals surface area contributed by atoms with Gasteiger partial charge < -0.3 is 19.7 Å². The smallest absolute Gasteiger partial charge is 0.319 e. The molecule has 5 aliphatic heterocycles. The average molecular weight is 589 g/mol. The van der Waals surface area contributed by atoms with Gasteiger partial charge in [-0.25, -0.2) is 18.2 Å². The second kappa shape index (κ2) is 9.40. The number of nitrogens with one attached hydrogen (secondary N) is 1. The third-order valence-corrected chi connectivity index (χ3v) is 10.3. The van der Waals surface area contributed by atoms with E-state index in [1.54, 1.807) is 24.3 Å². The Morgan fingerprint density at radius 3 is 2.95 bits per heavy atom. The lowest BCUT2D eigenvalue weighted by atomic mass is 9.95. The minimum atomic E-state index is -0.886. The molecule has 2 aromatic heterocycles. The standard InChI is InChI=1S/C32H31F3N6O2/c33-18-5-7-21-17(11-18)3-1-4-22(21)27-26(35)28-25-29(41-14-20-6-8-23(36-20)24(41)15-42-30(25)37-27)39-31(38-28)43-16-32-9-2-10-40(32)13-19(34)12-32/h1,3-5,7,11,19-20,23-24,36H,2,6,8-10,12-16H2/t19-,20-,23+,24-,32+/m1/s1. The molecule has 0 spiro atoms. The molecule has 11 heteroatoms. The maximum atomic E-state index is 16.8. The number of nitrogens with zero attached hydrogens (tertiary/aromatic N) is 5. The largest absolute Gasteiger partial charge is 0.475 e. The van der Waals surface area contributed by atoms with Crippen LogP contribution in [0.3, 0.4) is 0 Å². The molecule has 4 aromatic rings. The van der Waals surface area contributed by atoms with E-state index in [0.29, 0.717) is 59.7 Å². The van der Waals surface area contributed by atoms with Crippen molar-refractivity contribution in [2.75, 3.05) is 37.7 Å². The molecule has 4 saturated heterocycles. The number of fused-ring (bicyclic) bond motifs is 7. The van der Waals surface area contributed by atoms with Crippen molar-refractivity contribution >= 4 is 27.5 Å². The van der Waals surface area contributed by atoms with Crippen LogP contribution in [0.1, 0.15) is 32.1 Å². The maximum absolute atomic E-state index is 16.8. The topological polar surface area (TPSA) is 75.6 Å². The van der Waals surface area contributed by atoms with E-state index in [9.17, 15) is 8.78 Å². The van der Waals surface area contributed by atoms with E-state index in [-0.39, 0.29) is 47.6 Å². The number of aromatic nitrogens is 3. The van der Waals surface area contributed by atoms with Gasteiger partial charge in [-0.2, -0.15) is 9.97 Å². The number of rotatable bonds is 4. The summed E-state index contributed by atoms with van der Waals surface area (Å²) in [5.41, 5.74) is 0.270. The first kappa shape index (κ1) is 25.8. The number of halogens is 3. The normalized spacial score (nSPS) is 29.5. The first-order valence-corrected chi connectivity index (χ1v) is 15.2. The van der Waals surface area contributed by atoms with Gasteiger partial charge >= 0.3 is 6.01 Å². The third-order valence-electron chi connectivity index (χ3n) is 10.3. The molecular weight excluding hydrogens is 557 g/mol. The van der Waals surface area contributed by atoms with E-state index in [4.69, 9.17) is 19.4 Å². The molecule has 8 nitrogen and oxygen atoms in total. The van der Waals surface area contributed by atoms with Crippen LogP contribution in [0, 0.1) is 11.6 Å². The number of ether oxygens (including phenoxy) is 2. The molecule has 0 radical (unpaired) electrons. The summed E-state index contributed by atoms with van der Waals surface area (Å²) in [6.45, 7) is 2.57. The highest BCUT2D eigenvalue weighted by Crippen LogP contribution is 2.44. The zero-order valence-electron chi connectivity index (χ0n) is 23.5. The molecule has 43 heavy (non-hydrogen) atoms. The quantitative estimate of drug-likeness (QED) is 0.365. The number of pyridine rings is 1. The number of anilines is 1. The average Bonchev–Trinajstić information content (AvgIpc) is 3.64. The molecule has 5 aliphatic rings. The van der Waals surface area contributed by atoms with E-state index < -0.39 is 17.5 Å². The van der Waals surface area contributed by atoms with E-state index >= 15 is 4.39 Å². The summed E-state index contributed by atoms with van der Waals surface area (Å²) in [7, 11) is 0. The molecule has 0 unspecified atom stereocenters. The Balaban J connectivity index is 1.21. The van der Waals surface area contributed by atoms with Gasteiger partial charge in [-0.3, -0.25) is 4.90 Å². The van der Waals surface area contributed by atoms with Gasteiger partial charge in [0.1, 0.15) is 47.6 Å². The van der Waals surface area contributed by atoms with Crippen molar-refractivity contribution in [2.45, 2.75) is 61.9 Å². The van der Waals surface area contributed by atoms with E-state index in [2.05, 4.69) is 20.1 Å². The van der Waals surface area contributed by atoms with Gasteiger partial charge in [-0.05, 0) is 55.1 Å². The highest BCUT2D eigenvalue weighted by Gasteiger charge is 2.50. The van der Waals surface area contributed by atoms with Crippen molar-refractivity contribution in [1.82, 2.24) is 25.2 Å². The third kappa shape index (κ3) is 3.93. The van der Waals surface area contributed by atoms with Crippen LogP contribution in [0.2, 0.25) is 0 Å². The SMILES string of the molecule is Fc1ccc2c(-c3nc4c5c(nc(OC[C@@]67CCCN6C[C@H](F)C7)nc5c3F)N3C[C@H]5CC[C@H](N5)[C@H]3CO4)cccc2c1. The second-order valence-electron chi connectivity index (χ2n) is 12.7. The van der Waals surface area contributed by atoms with E-state index in [1.165, 1.54) is 12.1 Å². The van der Waals surface area contributed by atoms with Crippen molar-refractivity contribution in [2.24, 2.45) is 0 Å². The molecule has 222 valence electrons. The van der Waals surface area contributed by atoms with Gasteiger partial charge in [0.15, 0.2) is 5.82 Å². The summed E-state index contributed by atoms with van der Waals surface area (Å²) < 4.78 is 57.9. The van der Waals surface area contributed by atoms with Crippen molar-refractivity contribution in [3.05, 3.63) is 48.0 Å². The fraction of sp³-hybridized carbons (Fsp3) is 0.469. The van der Waals surface area contributed by atoms with Crippen molar-refractivity contribution in [1.29, 1.82) is 0 Å². The Kier molecular flexibility index (Phi) is 5.63. The zero-order valence-corrected chi connectivity index (χ0v) is 23.5. The van der Waals surface area contributed by atoms with E-state index in [0.717, 1.165) is 32.2 Å². The summed E-state index contributed by atoms with van der Waals surface area (Å²) >= 11 is 0. The fourth-order valence-electron chi connectivity index (χ4n) is 8.27. The Hall–Kier alpha value is -3.70. The summed E-state index contributed by atoms with van der Waals surface area (Å²) in [6.07, 6.45) is 3.44. The van der Waals surface area contributed by atoms with Crippen LogP contribution in [0.4, 0.5) is 19.0 Å². The van der Waals surface area contributed by atoms with Crippen LogP contribution in [-0.4, -0.2) is 82.5 Å². The number of piperazine rings is 1. The van der Waals surface area contributed by atoms with Crippen LogP contribution in [-0.2, 0) is 0 Å². The minimum absolute atomic E-state index is 0.0167. The van der Waals surface area contributed by atoms with Gasteiger partial charge in [0.25, 0.3) is 0 Å². The first-order chi connectivity index (χ1) is 21.0. The zero-order chi connectivity index (χ0) is 28.9. The predicted octanol–water partition coefficient (Wildman–Crippen LogP) is 4.78.